The lowest BCUT2D eigenvalue weighted by Crippen LogP contribution is -2.03. The molecule has 2 aromatic heterocycles. The zero-order valence-electron chi connectivity index (χ0n) is 7.44. The number of rotatable bonds is 2. The molecule has 0 amide bonds. The van der Waals surface area contributed by atoms with Gasteiger partial charge in [-0.2, -0.15) is 4.80 Å². The van der Waals surface area contributed by atoms with Gasteiger partial charge in [0.15, 0.2) is 0 Å². The highest BCUT2D eigenvalue weighted by Gasteiger charge is 2.20. The van der Waals surface area contributed by atoms with Gasteiger partial charge < -0.3 is 0 Å². The first-order valence-corrected chi connectivity index (χ1v) is 5.38. The maximum atomic E-state index is 11.8. The molecule has 0 aliphatic heterocycles. The topological polar surface area (TPSA) is 60.7 Å². The average Bonchev–Trinajstić information content (AvgIpc) is 2.71. The number of aromatic nitrogens is 4. The summed E-state index contributed by atoms with van der Waals surface area (Å²) < 4.78 is 0.782. The number of carbonyl (C=O) groups is 1. The molecule has 0 saturated carbocycles. The summed E-state index contributed by atoms with van der Waals surface area (Å²) in [5.41, 5.74) is 0.305. The molecule has 8 heteroatoms. The second kappa shape index (κ2) is 3.88. The van der Waals surface area contributed by atoms with E-state index in [1.54, 1.807) is 7.05 Å². The molecular weight excluding hydrogens is 259 g/mol. The van der Waals surface area contributed by atoms with Crippen molar-refractivity contribution < 1.29 is 4.79 Å². The quantitative estimate of drug-likeness (QED) is 0.775. The molecule has 78 valence electrons. The molecule has 5 nitrogen and oxygen atoms in total. The van der Waals surface area contributed by atoms with Gasteiger partial charge in [-0.25, -0.2) is 0 Å². The maximum absolute atomic E-state index is 11.8. The van der Waals surface area contributed by atoms with Gasteiger partial charge in [0.25, 0.3) is 0 Å². The molecule has 0 atom stereocenters. The monoisotopic (exact) mass is 262 g/mol. The van der Waals surface area contributed by atoms with Crippen LogP contribution in [0.15, 0.2) is 6.07 Å². The van der Waals surface area contributed by atoms with Crippen LogP contribution in [0, 0.1) is 0 Å². The largest absolute Gasteiger partial charge is 0.285 e. The van der Waals surface area contributed by atoms with E-state index in [1.165, 1.54) is 10.9 Å². The van der Waals surface area contributed by atoms with Gasteiger partial charge in [-0.3, -0.25) is 4.79 Å². The van der Waals surface area contributed by atoms with Crippen molar-refractivity contribution in [2.24, 2.45) is 7.05 Å². The summed E-state index contributed by atoms with van der Waals surface area (Å²) in [6.07, 6.45) is 0. The summed E-state index contributed by atoms with van der Waals surface area (Å²) in [7, 11) is 1.58. The van der Waals surface area contributed by atoms with Crippen molar-refractivity contribution in [3.8, 4) is 0 Å². The third kappa shape index (κ3) is 2.01. The molecule has 15 heavy (non-hydrogen) atoms. The van der Waals surface area contributed by atoms with Gasteiger partial charge in [0, 0.05) is 0 Å². The lowest BCUT2D eigenvalue weighted by molar-refractivity contribution is 0.102. The van der Waals surface area contributed by atoms with Gasteiger partial charge in [0.05, 0.1) is 16.9 Å². The van der Waals surface area contributed by atoms with Gasteiger partial charge in [0.1, 0.15) is 4.34 Å². The van der Waals surface area contributed by atoms with Crippen molar-refractivity contribution >= 4 is 40.3 Å². The van der Waals surface area contributed by atoms with Crippen LogP contribution in [0.4, 0.5) is 0 Å². The van der Waals surface area contributed by atoms with Crippen molar-refractivity contribution in [3.05, 3.63) is 26.1 Å². The summed E-state index contributed by atoms with van der Waals surface area (Å²) in [6.45, 7) is 0. The van der Waals surface area contributed by atoms with Crippen molar-refractivity contribution in [1.82, 2.24) is 20.2 Å². The first-order chi connectivity index (χ1) is 7.08. The predicted molar refractivity (Wildman–Crippen MR) is 56.6 cm³/mol. The molecule has 2 heterocycles. The zero-order chi connectivity index (χ0) is 11.0. The fourth-order valence-electron chi connectivity index (χ4n) is 0.991. The van der Waals surface area contributed by atoms with E-state index in [-0.39, 0.29) is 11.6 Å². The number of hydrogen-bond donors (Lipinski definition) is 0. The number of aryl methyl sites for hydroxylation is 1. The molecule has 2 rings (SSSR count). The van der Waals surface area contributed by atoms with Crippen molar-refractivity contribution in [2.45, 2.75) is 0 Å². The van der Waals surface area contributed by atoms with E-state index in [4.69, 9.17) is 23.2 Å². The highest BCUT2D eigenvalue weighted by atomic mass is 35.5. The Kier molecular flexibility index (Phi) is 2.72. The zero-order valence-corrected chi connectivity index (χ0v) is 9.77. The summed E-state index contributed by atoms with van der Waals surface area (Å²) in [5.74, 6) is -0.370. The summed E-state index contributed by atoms with van der Waals surface area (Å²) >= 11 is 12.7. The Labute approximate surface area is 98.6 Å². The fourth-order valence-corrected chi connectivity index (χ4v) is 2.45. The van der Waals surface area contributed by atoms with E-state index in [0.29, 0.717) is 14.2 Å². The SMILES string of the molecule is Cn1nnc(C(=O)c2cc(Cl)sc2Cl)n1. The van der Waals surface area contributed by atoms with Gasteiger partial charge in [-0.1, -0.05) is 23.2 Å². The lowest BCUT2D eigenvalue weighted by atomic mass is 10.2. The minimum atomic E-state index is -0.378. The molecule has 0 radical (unpaired) electrons. The Bertz CT molecular complexity index is 521. The van der Waals surface area contributed by atoms with Crippen LogP contribution in [-0.4, -0.2) is 26.0 Å². The second-order valence-electron chi connectivity index (χ2n) is 2.67. The standard InChI is InChI=1S/C7H4Cl2N4OS/c1-13-11-7(10-12-13)5(14)3-2-4(8)15-6(3)9/h2H,1H3. The Morgan fingerprint density at radius 1 is 1.53 bits per heavy atom. The van der Waals surface area contributed by atoms with Crippen LogP contribution in [0.1, 0.15) is 16.2 Å². The molecular formula is C7H4Cl2N4OS. The van der Waals surface area contributed by atoms with Crippen LogP contribution in [-0.2, 0) is 7.05 Å². The highest BCUT2D eigenvalue weighted by molar-refractivity contribution is 7.20. The number of halogens is 2. The number of ketones is 1. The number of carbonyl (C=O) groups excluding carboxylic acids is 1. The molecule has 0 fully saturated rings. The van der Waals surface area contributed by atoms with Gasteiger partial charge in [-0.15, -0.1) is 21.5 Å². The molecule has 0 aliphatic carbocycles. The van der Waals surface area contributed by atoms with Crippen molar-refractivity contribution in [3.63, 3.8) is 0 Å². The second-order valence-corrected chi connectivity index (χ2v) is 4.96. The average molecular weight is 263 g/mol. The fraction of sp³-hybridized carbons (Fsp3) is 0.143. The molecule has 0 aliphatic rings. The van der Waals surface area contributed by atoms with Gasteiger partial charge >= 0.3 is 0 Å². The van der Waals surface area contributed by atoms with E-state index in [1.807, 2.05) is 0 Å². The van der Waals surface area contributed by atoms with E-state index in [2.05, 4.69) is 15.4 Å². The molecule has 0 spiro atoms. The van der Waals surface area contributed by atoms with Crippen LogP contribution in [0.3, 0.4) is 0 Å². The van der Waals surface area contributed by atoms with Crippen molar-refractivity contribution in [1.29, 1.82) is 0 Å². The van der Waals surface area contributed by atoms with E-state index in [9.17, 15) is 4.79 Å². The number of tetrazole rings is 1. The molecule has 0 aromatic carbocycles. The van der Waals surface area contributed by atoms with Gasteiger partial charge in [-0.05, 0) is 11.3 Å². The minimum absolute atomic E-state index is 0.00821. The first-order valence-electron chi connectivity index (χ1n) is 3.81. The van der Waals surface area contributed by atoms with Crippen LogP contribution < -0.4 is 0 Å². The van der Waals surface area contributed by atoms with Crippen LogP contribution in [0.5, 0.6) is 0 Å². The summed E-state index contributed by atoms with van der Waals surface area (Å²) in [5, 5.41) is 10.9. The van der Waals surface area contributed by atoms with Crippen molar-refractivity contribution in [2.75, 3.05) is 0 Å². The number of thiophene rings is 1. The Balaban J connectivity index is 2.40. The number of nitrogens with zero attached hydrogens (tertiary/aromatic N) is 4. The normalized spacial score (nSPS) is 10.6. The van der Waals surface area contributed by atoms with Gasteiger partial charge in [0.2, 0.25) is 11.6 Å². The predicted octanol–water partition coefficient (Wildman–Crippen LogP) is 1.81. The summed E-state index contributed by atoms with van der Waals surface area (Å²) in [6, 6.07) is 1.49. The van der Waals surface area contributed by atoms with E-state index < -0.39 is 0 Å². The molecule has 0 bridgehead atoms. The summed E-state index contributed by atoms with van der Waals surface area (Å²) in [4.78, 5) is 13.0. The van der Waals surface area contributed by atoms with Crippen LogP contribution in [0.25, 0.3) is 0 Å². The van der Waals surface area contributed by atoms with Crippen LogP contribution in [0.2, 0.25) is 8.67 Å². The minimum Gasteiger partial charge on any atom is -0.285 e. The molecule has 2 aromatic rings. The Morgan fingerprint density at radius 3 is 2.73 bits per heavy atom. The Hall–Kier alpha value is -0.980. The first kappa shape index (κ1) is 10.5. The lowest BCUT2D eigenvalue weighted by Gasteiger charge is -1.90. The molecule has 0 saturated heterocycles. The van der Waals surface area contributed by atoms with E-state index in [0.717, 1.165) is 11.3 Å². The van der Waals surface area contributed by atoms with Crippen LogP contribution >= 0.6 is 34.5 Å². The Morgan fingerprint density at radius 2 is 2.27 bits per heavy atom. The highest BCUT2D eigenvalue weighted by Crippen LogP contribution is 2.31. The smallest absolute Gasteiger partial charge is 0.245 e. The van der Waals surface area contributed by atoms with E-state index >= 15 is 0 Å². The molecule has 0 unspecified atom stereocenters. The maximum Gasteiger partial charge on any atom is 0.245 e. The molecule has 0 N–H and O–H groups in total. The third-order valence-electron chi connectivity index (χ3n) is 1.61. The number of hydrogen-bond acceptors (Lipinski definition) is 5. The third-order valence-corrected chi connectivity index (χ3v) is 3.10.